The summed E-state index contributed by atoms with van der Waals surface area (Å²) in [4.78, 5) is 7.76. The van der Waals surface area contributed by atoms with Crippen LogP contribution in [-0.4, -0.2) is 23.6 Å². The van der Waals surface area contributed by atoms with Crippen LogP contribution < -0.4 is 5.32 Å². The van der Waals surface area contributed by atoms with Crippen molar-refractivity contribution in [3.63, 3.8) is 0 Å². The first kappa shape index (κ1) is 18.7. The van der Waals surface area contributed by atoms with E-state index in [-0.39, 0.29) is 29.1 Å². The molecule has 0 saturated heterocycles. The fourth-order valence-corrected chi connectivity index (χ4v) is 2.60. The van der Waals surface area contributed by atoms with Crippen molar-refractivity contribution in [2.24, 2.45) is 0 Å². The third kappa shape index (κ3) is 4.36. The molecule has 2 aromatic carbocycles. The van der Waals surface area contributed by atoms with Gasteiger partial charge in [-0.05, 0) is 35.9 Å². The molecule has 0 fully saturated rings. The van der Waals surface area contributed by atoms with Crippen LogP contribution in [0.15, 0.2) is 36.7 Å². The zero-order valence-corrected chi connectivity index (χ0v) is 14.5. The zero-order valence-electron chi connectivity index (χ0n) is 14.5. The van der Waals surface area contributed by atoms with E-state index in [0.29, 0.717) is 24.1 Å². The van der Waals surface area contributed by atoms with Crippen molar-refractivity contribution < 1.29 is 17.9 Å². The second-order valence-electron chi connectivity index (χ2n) is 5.69. The first-order valence-electron chi connectivity index (χ1n) is 8.19. The summed E-state index contributed by atoms with van der Waals surface area (Å²) in [5.41, 5.74) is 1.27. The fourth-order valence-electron chi connectivity index (χ4n) is 2.60. The van der Waals surface area contributed by atoms with Crippen molar-refractivity contribution in [1.29, 1.82) is 0 Å². The van der Waals surface area contributed by atoms with Crippen LogP contribution in [0.2, 0.25) is 0 Å². The quantitative estimate of drug-likeness (QED) is 0.543. The highest BCUT2D eigenvalue weighted by Gasteiger charge is 2.12. The molecule has 1 heterocycles. The number of benzene rings is 2. The molecule has 0 atom stereocenters. The summed E-state index contributed by atoms with van der Waals surface area (Å²) in [5.74, 6) is 4.58. The molecule has 0 unspecified atom stereocenters. The van der Waals surface area contributed by atoms with E-state index >= 15 is 0 Å². The van der Waals surface area contributed by atoms with Gasteiger partial charge in [0.2, 0.25) is 0 Å². The predicted molar refractivity (Wildman–Crippen MR) is 96.6 cm³/mol. The van der Waals surface area contributed by atoms with Crippen LogP contribution >= 0.6 is 0 Å². The number of hydrogen-bond donors (Lipinski definition) is 1. The van der Waals surface area contributed by atoms with E-state index < -0.39 is 11.6 Å². The van der Waals surface area contributed by atoms with E-state index in [1.165, 1.54) is 25.6 Å². The molecule has 0 bridgehead atoms. The molecule has 0 radical (unpaired) electrons. The Labute approximate surface area is 154 Å². The Balaban J connectivity index is 1.70. The zero-order chi connectivity index (χ0) is 19.2. The molecule has 0 aliphatic heterocycles. The molecule has 1 N–H and O–H groups in total. The maximum atomic E-state index is 14.0. The van der Waals surface area contributed by atoms with Gasteiger partial charge in [0.25, 0.3) is 0 Å². The van der Waals surface area contributed by atoms with Crippen LogP contribution in [0.5, 0.6) is 0 Å². The Hall–Kier alpha value is -3.11. The van der Waals surface area contributed by atoms with Gasteiger partial charge in [-0.15, -0.1) is 0 Å². The van der Waals surface area contributed by atoms with Crippen LogP contribution in [0.4, 0.5) is 19.0 Å². The van der Waals surface area contributed by atoms with E-state index in [4.69, 9.17) is 4.74 Å². The molecule has 0 aliphatic rings. The number of fused-ring (bicyclic) bond motifs is 1. The van der Waals surface area contributed by atoms with E-state index in [9.17, 15) is 13.2 Å². The van der Waals surface area contributed by atoms with Gasteiger partial charge in [-0.1, -0.05) is 11.8 Å². The Morgan fingerprint density at radius 1 is 1.07 bits per heavy atom. The van der Waals surface area contributed by atoms with Crippen molar-refractivity contribution >= 4 is 16.7 Å². The second kappa shape index (κ2) is 8.52. The summed E-state index contributed by atoms with van der Waals surface area (Å²) < 4.78 is 46.1. The number of aromatic nitrogens is 2. The van der Waals surface area contributed by atoms with Crippen LogP contribution in [-0.2, 0) is 11.3 Å². The van der Waals surface area contributed by atoms with Gasteiger partial charge in [-0.2, -0.15) is 0 Å². The van der Waals surface area contributed by atoms with Gasteiger partial charge in [-0.25, -0.2) is 23.1 Å². The molecule has 1 aromatic heterocycles. The van der Waals surface area contributed by atoms with Crippen molar-refractivity contribution in [3.05, 3.63) is 65.2 Å². The number of nitrogens with zero attached hydrogens (tertiary/aromatic N) is 2. The first-order chi connectivity index (χ1) is 13.1. The topological polar surface area (TPSA) is 47.0 Å². The molecule has 138 valence electrons. The Kier molecular flexibility index (Phi) is 5.89. The van der Waals surface area contributed by atoms with E-state index in [2.05, 4.69) is 27.1 Å². The van der Waals surface area contributed by atoms with Gasteiger partial charge in [0.1, 0.15) is 35.1 Å². The average molecular weight is 371 g/mol. The van der Waals surface area contributed by atoms with Crippen molar-refractivity contribution in [2.45, 2.75) is 13.0 Å². The smallest absolute Gasteiger partial charge is 0.149 e. The molecule has 0 aliphatic carbocycles. The average Bonchev–Trinajstić information content (AvgIpc) is 2.66. The number of methoxy groups -OCH3 is 1. The van der Waals surface area contributed by atoms with Gasteiger partial charge in [0, 0.05) is 25.6 Å². The fraction of sp³-hybridized carbons (Fsp3) is 0.200. The molecule has 27 heavy (non-hydrogen) atoms. The maximum absolute atomic E-state index is 14.0. The SMILES string of the molecule is COCc1cc(F)ccc1C#CCCNc1ncnc2c(F)ccc(F)c12. The number of nitrogens with one attached hydrogen (secondary N) is 1. The van der Waals surface area contributed by atoms with E-state index in [1.54, 1.807) is 6.07 Å². The van der Waals surface area contributed by atoms with Gasteiger partial charge in [0.05, 0.1) is 12.0 Å². The van der Waals surface area contributed by atoms with Gasteiger partial charge in [0.15, 0.2) is 0 Å². The highest BCUT2D eigenvalue weighted by molar-refractivity contribution is 5.89. The third-order valence-electron chi connectivity index (χ3n) is 3.82. The van der Waals surface area contributed by atoms with E-state index in [0.717, 1.165) is 12.1 Å². The van der Waals surface area contributed by atoms with Crippen LogP contribution in [0.25, 0.3) is 10.9 Å². The van der Waals surface area contributed by atoms with E-state index in [1.807, 2.05) is 0 Å². The minimum absolute atomic E-state index is 0.00590. The molecule has 3 aromatic rings. The molecule has 3 rings (SSSR count). The summed E-state index contributed by atoms with van der Waals surface area (Å²) in [6.45, 7) is 0.633. The lowest BCUT2D eigenvalue weighted by atomic mass is 10.1. The molecule has 7 heteroatoms. The standard InChI is InChI=1S/C20H16F3N3O/c1-27-11-14-10-15(21)6-5-13(14)4-2-3-9-24-20-18-16(22)7-8-17(23)19(18)25-12-26-20/h5-8,10,12H,3,9,11H2,1H3,(H,24,25,26). The number of rotatable bonds is 5. The number of anilines is 1. The van der Waals surface area contributed by atoms with Gasteiger partial charge >= 0.3 is 0 Å². The first-order valence-corrected chi connectivity index (χ1v) is 8.19. The second-order valence-corrected chi connectivity index (χ2v) is 5.69. The monoisotopic (exact) mass is 371 g/mol. The number of hydrogen-bond acceptors (Lipinski definition) is 4. The van der Waals surface area contributed by atoms with Crippen molar-refractivity contribution in [2.75, 3.05) is 19.0 Å². The highest BCUT2D eigenvalue weighted by Crippen LogP contribution is 2.24. The van der Waals surface area contributed by atoms with Crippen LogP contribution in [0, 0.1) is 29.3 Å². The summed E-state index contributed by atoms with van der Waals surface area (Å²) in [7, 11) is 1.53. The summed E-state index contributed by atoms with van der Waals surface area (Å²) in [5, 5.41) is 2.95. The largest absolute Gasteiger partial charge is 0.380 e. The highest BCUT2D eigenvalue weighted by atomic mass is 19.1. The Morgan fingerprint density at radius 3 is 2.70 bits per heavy atom. The minimum atomic E-state index is -0.612. The lowest BCUT2D eigenvalue weighted by Gasteiger charge is -2.08. The Morgan fingerprint density at radius 2 is 1.89 bits per heavy atom. The molecule has 0 spiro atoms. The molecule has 4 nitrogen and oxygen atoms in total. The molecule has 0 amide bonds. The lowest BCUT2D eigenvalue weighted by Crippen LogP contribution is -2.05. The molecular formula is C20H16F3N3O. The number of halogens is 3. The predicted octanol–water partition coefficient (Wildman–Crippen LogP) is 4.05. The Bertz CT molecular complexity index is 1030. The maximum Gasteiger partial charge on any atom is 0.149 e. The third-order valence-corrected chi connectivity index (χ3v) is 3.82. The summed E-state index contributed by atoms with van der Waals surface area (Å²) >= 11 is 0. The van der Waals surface area contributed by atoms with Gasteiger partial charge in [-0.3, -0.25) is 0 Å². The normalized spacial score (nSPS) is 10.5. The van der Waals surface area contributed by atoms with Crippen molar-refractivity contribution in [3.8, 4) is 11.8 Å². The van der Waals surface area contributed by atoms with Gasteiger partial charge < -0.3 is 10.1 Å². The number of ether oxygens (including phenoxy) is 1. The minimum Gasteiger partial charge on any atom is -0.380 e. The van der Waals surface area contributed by atoms with Crippen LogP contribution in [0.3, 0.4) is 0 Å². The summed E-state index contributed by atoms with van der Waals surface area (Å²) in [6.07, 6.45) is 1.60. The molecular weight excluding hydrogens is 355 g/mol. The summed E-state index contributed by atoms with van der Waals surface area (Å²) in [6, 6.07) is 6.39. The van der Waals surface area contributed by atoms with Crippen LogP contribution in [0.1, 0.15) is 17.5 Å². The van der Waals surface area contributed by atoms with Crippen molar-refractivity contribution in [1.82, 2.24) is 9.97 Å². The lowest BCUT2D eigenvalue weighted by molar-refractivity contribution is 0.184. The molecule has 0 saturated carbocycles.